The van der Waals surface area contributed by atoms with Crippen molar-refractivity contribution < 1.29 is 9.53 Å². The lowest BCUT2D eigenvalue weighted by atomic mass is 10.3. The summed E-state index contributed by atoms with van der Waals surface area (Å²) in [6.07, 6.45) is 1.49. The first kappa shape index (κ1) is 17.3. The predicted molar refractivity (Wildman–Crippen MR) is 91.8 cm³/mol. The number of amides is 1. The Labute approximate surface area is 141 Å². The molecule has 1 amide bonds. The molecule has 2 rings (SSSR count). The van der Waals surface area contributed by atoms with E-state index in [1.807, 2.05) is 36.4 Å². The molecule has 24 heavy (non-hydrogen) atoms. The van der Waals surface area contributed by atoms with Crippen LogP contribution in [0.15, 0.2) is 48.7 Å². The summed E-state index contributed by atoms with van der Waals surface area (Å²) >= 11 is 0. The third kappa shape index (κ3) is 4.99. The second-order valence-corrected chi connectivity index (χ2v) is 5.35. The molecule has 0 aliphatic rings. The normalized spacial score (nSPS) is 9.88. The zero-order valence-electron chi connectivity index (χ0n) is 13.8. The molecular weight excluding hydrogens is 304 g/mol. The van der Waals surface area contributed by atoms with Gasteiger partial charge in [0.2, 0.25) is 5.91 Å². The van der Waals surface area contributed by atoms with Crippen molar-refractivity contribution in [2.75, 3.05) is 38.7 Å². The van der Waals surface area contributed by atoms with Crippen LogP contribution in [0.3, 0.4) is 0 Å². The van der Waals surface area contributed by atoms with E-state index >= 15 is 0 Å². The lowest BCUT2D eigenvalue weighted by molar-refractivity contribution is -0.128. The number of para-hydroxylation sites is 1. The Morgan fingerprint density at radius 3 is 2.58 bits per heavy atom. The highest BCUT2D eigenvalue weighted by atomic mass is 16.5. The topological polar surface area (TPSA) is 69.5 Å². The molecule has 0 fully saturated rings. The molecule has 0 N–H and O–H groups in total. The number of nitriles is 1. The van der Waals surface area contributed by atoms with E-state index in [0.717, 1.165) is 5.75 Å². The fraction of sp³-hybridized carbons (Fsp3) is 0.278. The molecule has 1 aromatic carbocycles. The average Bonchev–Trinajstić information content (AvgIpc) is 2.62. The summed E-state index contributed by atoms with van der Waals surface area (Å²) in [5, 5.41) is 8.77. The lowest BCUT2D eigenvalue weighted by Crippen LogP contribution is -2.38. The van der Waals surface area contributed by atoms with Crippen LogP contribution in [0.5, 0.6) is 5.75 Å². The molecule has 0 spiro atoms. The summed E-state index contributed by atoms with van der Waals surface area (Å²) in [5.74, 6) is 1.41. The SMILES string of the molecule is CN(CCOc1ccccc1)C(=O)CN(C)c1ccc(C#N)cn1. The van der Waals surface area contributed by atoms with Gasteiger partial charge in [0.1, 0.15) is 24.2 Å². The Balaban J connectivity index is 1.78. The van der Waals surface area contributed by atoms with E-state index in [1.165, 1.54) is 6.20 Å². The molecule has 124 valence electrons. The van der Waals surface area contributed by atoms with Gasteiger partial charge in [-0.1, -0.05) is 18.2 Å². The number of anilines is 1. The van der Waals surface area contributed by atoms with E-state index in [4.69, 9.17) is 10.00 Å². The van der Waals surface area contributed by atoms with Crippen molar-refractivity contribution in [3.05, 3.63) is 54.2 Å². The number of rotatable bonds is 7. The highest BCUT2D eigenvalue weighted by Gasteiger charge is 2.13. The minimum Gasteiger partial charge on any atom is -0.492 e. The van der Waals surface area contributed by atoms with Gasteiger partial charge in [-0.15, -0.1) is 0 Å². The second kappa shape index (κ2) is 8.53. The van der Waals surface area contributed by atoms with Crippen LogP contribution in [0, 0.1) is 11.3 Å². The molecule has 0 atom stereocenters. The maximum atomic E-state index is 12.2. The molecule has 0 radical (unpaired) electrons. The molecule has 0 saturated carbocycles. The summed E-state index contributed by atoms with van der Waals surface area (Å²) in [6, 6.07) is 14.9. The molecule has 0 aliphatic carbocycles. The van der Waals surface area contributed by atoms with Crippen molar-refractivity contribution >= 4 is 11.7 Å². The highest BCUT2D eigenvalue weighted by Crippen LogP contribution is 2.10. The summed E-state index contributed by atoms with van der Waals surface area (Å²) in [4.78, 5) is 19.8. The van der Waals surface area contributed by atoms with Gasteiger partial charge in [0.15, 0.2) is 0 Å². The van der Waals surface area contributed by atoms with Gasteiger partial charge in [-0.2, -0.15) is 5.26 Å². The number of nitrogens with zero attached hydrogens (tertiary/aromatic N) is 4. The number of hydrogen-bond acceptors (Lipinski definition) is 5. The molecule has 6 nitrogen and oxygen atoms in total. The summed E-state index contributed by atoms with van der Waals surface area (Å²) in [7, 11) is 3.54. The van der Waals surface area contributed by atoms with Gasteiger partial charge in [0, 0.05) is 20.3 Å². The van der Waals surface area contributed by atoms with Crippen molar-refractivity contribution in [3.63, 3.8) is 0 Å². The summed E-state index contributed by atoms with van der Waals surface area (Å²) in [5.41, 5.74) is 0.494. The molecule has 0 aliphatic heterocycles. The number of likely N-dealkylation sites (N-methyl/N-ethyl adjacent to an activating group) is 2. The first-order valence-electron chi connectivity index (χ1n) is 7.59. The van der Waals surface area contributed by atoms with Crippen molar-refractivity contribution in [2.24, 2.45) is 0 Å². The van der Waals surface area contributed by atoms with E-state index in [0.29, 0.717) is 24.5 Å². The van der Waals surface area contributed by atoms with E-state index in [2.05, 4.69) is 4.98 Å². The van der Waals surface area contributed by atoms with Crippen LogP contribution in [-0.2, 0) is 4.79 Å². The standard InChI is InChI=1S/C18H20N4O2/c1-21(10-11-24-16-6-4-3-5-7-16)18(23)14-22(2)17-9-8-15(12-19)13-20-17/h3-9,13H,10-11,14H2,1-2H3. The number of hydrogen-bond donors (Lipinski definition) is 0. The molecule has 0 bridgehead atoms. The molecule has 0 saturated heterocycles. The van der Waals surface area contributed by atoms with Crippen molar-refractivity contribution in [3.8, 4) is 11.8 Å². The number of benzene rings is 1. The zero-order valence-corrected chi connectivity index (χ0v) is 13.8. The second-order valence-electron chi connectivity index (χ2n) is 5.35. The average molecular weight is 324 g/mol. The Morgan fingerprint density at radius 2 is 1.96 bits per heavy atom. The van der Waals surface area contributed by atoms with E-state index in [1.54, 1.807) is 36.0 Å². The number of aromatic nitrogens is 1. The van der Waals surface area contributed by atoms with E-state index in [-0.39, 0.29) is 12.5 Å². The molecule has 1 aromatic heterocycles. The molecular formula is C18H20N4O2. The zero-order chi connectivity index (χ0) is 17.4. The van der Waals surface area contributed by atoms with Gasteiger partial charge in [0.25, 0.3) is 0 Å². The maximum absolute atomic E-state index is 12.2. The quantitative estimate of drug-likeness (QED) is 0.778. The third-order valence-corrected chi connectivity index (χ3v) is 3.50. The Morgan fingerprint density at radius 1 is 1.21 bits per heavy atom. The van der Waals surface area contributed by atoms with E-state index in [9.17, 15) is 4.79 Å². The fourth-order valence-electron chi connectivity index (χ4n) is 2.02. The van der Waals surface area contributed by atoms with Crippen molar-refractivity contribution in [1.82, 2.24) is 9.88 Å². The van der Waals surface area contributed by atoms with Crippen LogP contribution in [0.2, 0.25) is 0 Å². The van der Waals surface area contributed by atoms with Gasteiger partial charge in [0.05, 0.1) is 18.7 Å². The lowest BCUT2D eigenvalue weighted by Gasteiger charge is -2.22. The van der Waals surface area contributed by atoms with Gasteiger partial charge in [-0.05, 0) is 24.3 Å². The van der Waals surface area contributed by atoms with Gasteiger partial charge >= 0.3 is 0 Å². The Bertz CT molecular complexity index is 695. The third-order valence-electron chi connectivity index (χ3n) is 3.50. The minimum atomic E-state index is -0.0275. The maximum Gasteiger partial charge on any atom is 0.241 e. The number of carbonyl (C=O) groups excluding carboxylic acids is 1. The summed E-state index contributed by atoms with van der Waals surface area (Å²) < 4.78 is 5.59. The largest absolute Gasteiger partial charge is 0.492 e. The first-order valence-corrected chi connectivity index (χ1v) is 7.59. The number of carbonyl (C=O) groups is 1. The van der Waals surface area contributed by atoms with Crippen LogP contribution in [0.1, 0.15) is 5.56 Å². The monoisotopic (exact) mass is 324 g/mol. The van der Waals surface area contributed by atoms with Gasteiger partial charge < -0.3 is 14.5 Å². The molecule has 6 heteroatoms. The van der Waals surface area contributed by atoms with Gasteiger partial charge in [-0.25, -0.2) is 4.98 Å². The van der Waals surface area contributed by atoms with Crippen molar-refractivity contribution in [1.29, 1.82) is 5.26 Å². The van der Waals surface area contributed by atoms with Crippen LogP contribution in [0.4, 0.5) is 5.82 Å². The Hall–Kier alpha value is -3.07. The molecule has 0 unspecified atom stereocenters. The number of pyridine rings is 1. The fourth-order valence-corrected chi connectivity index (χ4v) is 2.02. The smallest absolute Gasteiger partial charge is 0.241 e. The van der Waals surface area contributed by atoms with Crippen LogP contribution in [0.25, 0.3) is 0 Å². The Kier molecular flexibility index (Phi) is 6.15. The molecule has 1 heterocycles. The minimum absolute atomic E-state index is 0.0275. The predicted octanol–water partition coefficient (Wildman–Crippen LogP) is 1.93. The van der Waals surface area contributed by atoms with Crippen LogP contribution < -0.4 is 9.64 Å². The molecule has 2 aromatic rings. The van der Waals surface area contributed by atoms with E-state index < -0.39 is 0 Å². The van der Waals surface area contributed by atoms with Crippen LogP contribution in [-0.4, -0.2) is 49.6 Å². The first-order chi connectivity index (χ1) is 11.6. The van der Waals surface area contributed by atoms with Crippen LogP contribution >= 0.6 is 0 Å². The van der Waals surface area contributed by atoms with Gasteiger partial charge in [-0.3, -0.25) is 4.79 Å². The number of ether oxygens (including phenoxy) is 1. The van der Waals surface area contributed by atoms with Crippen molar-refractivity contribution in [2.45, 2.75) is 0 Å². The highest BCUT2D eigenvalue weighted by molar-refractivity contribution is 5.80. The summed E-state index contributed by atoms with van der Waals surface area (Å²) in [6.45, 7) is 1.15.